The van der Waals surface area contributed by atoms with Crippen molar-refractivity contribution in [3.63, 3.8) is 0 Å². The van der Waals surface area contributed by atoms with Crippen molar-refractivity contribution in [1.29, 1.82) is 0 Å². The smallest absolute Gasteiger partial charge is 0.419 e. The van der Waals surface area contributed by atoms with Gasteiger partial charge in [-0.1, -0.05) is 36.4 Å². The summed E-state index contributed by atoms with van der Waals surface area (Å²) in [7, 11) is 1.18. The number of carbonyl (C=O) groups is 1. The molecule has 172 valence electrons. The minimum atomic E-state index is -4.60. The molecule has 0 saturated carbocycles. The second-order valence-electron chi connectivity index (χ2n) is 8.54. The average Bonchev–Trinajstić information content (AvgIpc) is 2.76. The van der Waals surface area contributed by atoms with Gasteiger partial charge in [-0.2, -0.15) is 13.2 Å². The van der Waals surface area contributed by atoms with Gasteiger partial charge in [-0.3, -0.25) is 0 Å². The lowest BCUT2D eigenvalue weighted by Crippen LogP contribution is -2.58. The zero-order valence-corrected chi connectivity index (χ0v) is 17.8. The number of piperidine rings is 2. The van der Waals surface area contributed by atoms with Gasteiger partial charge in [0.05, 0.1) is 18.3 Å². The number of hydrogen-bond acceptors (Lipinski definition) is 4. The number of fused-ring (bicyclic) bond motifs is 2. The number of hydrogen-bond donors (Lipinski definition) is 1. The van der Waals surface area contributed by atoms with Crippen LogP contribution in [0.5, 0.6) is 5.75 Å². The molecule has 2 bridgehead atoms. The maximum atomic E-state index is 13.5. The van der Waals surface area contributed by atoms with Crippen molar-refractivity contribution in [3.05, 3.63) is 65.2 Å². The second-order valence-corrected chi connectivity index (χ2v) is 8.54. The van der Waals surface area contributed by atoms with Crippen LogP contribution in [0.15, 0.2) is 48.5 Å². The number of carbonyl (C=O) groups excluding carboxylic acids is 1. The summed E-state index contributed by atoms with van der Waals surface area (Å²) < 4.78 is 50.9. The molecule has 2 heterocycles. The Morgan fingerprint density at radius 3 is 2.38 bits per heavy atom. The van der Waals surface area contributed by atoms with E-state index in [-0.39, 0.29) is 42.8 Å². The fourth-order valence-corrected chi connectivity index (χ4v) is 4.98. The summed E-state index contributed by atoms with van der Waals surface area (Å²) in [6, 6.07) is 12.4. The van der Waals surface area contributed by atoms with E-state index >= 15 is 0 Å². The van der Waals surface area contributed by atoms with Crippen LogP contribution in [-0.4, -0.2) is 35.3 Å². The van der Waals surface area contributed by atoms with E-state index in [0.29, 0.717) is 12.8 Å². The van der Waals surface area contributed by atoms with Gasteiger partial charge in [-0.05, 0) is 42.5 Å². The highest BCUT2D eigenvalue weighted by Gasteiger charge is 2.49. The number of rotatable bonds is 4. The highest BCUT2D eigenvalue weighted by Crippen LogP contribution is 2.46. The normalized spacial score (nSPS) is 25.3. The second kappa shape index (κ2) is 8.65. The van der Waals surface area contributed by atoms with Gasteiger partial charge in [-0.15, -0.1) is 0 Å². The van der Waals surface area contributed by atoms with Crippen molar-refractivity contribution in [2.75, 3.05) is 7.11 Å². The molecular formula is C24H26F3NO4. The third-order valence-electron chi connectivity index (χ3n) is 6.47. The Balaban J connectivity index is 1.54. The predicted molar refractivity (Wildman–Crippen MR) is 111 cm³/mol. The van der Waals surface area contributed by atoms with Crippen molar-refractivity contribution in [2.24, 2.45) is 0 Å². The number of aliphatic hydroxyl groups is 1. The van der Waals surface area contributed by atoms with Gasteiger partial charge in [-0.25, -0.2) is 4.79 Å². The summed E-state index contributed by atoms with van der Waals surface area (Å²) in [4.78, 5) is 14.5. The molecule has 1 amide bonds. The minimum absolute atomic E-state index is 0.146. The third kappa shape index (κ3) is 4.41. The van der Waals surface area contributed by atoms with Crippen LogP contribution in [0, 0.1) is 0 Å². The van der Waals surface area contributed by atoms with Gasteiger partial charge < -0.3 is 19.5 Å². The number of halogens is 3. The standard InChI is InChI=1S/C24H26F3NO4/c1-31-21-11-10-17(12-20(21)24(25,26)27)23(30)13-18-8-5-9-19(14-23)28(18)22(29)32-15-16-6-3-2-4-7-16/h2-4,6-7,10-12,18-19,30H,5,8-9,13-15H2,1H3. The fraction of sp³-hybridized carbons (Fsp3) is 0.458. The molecule has 4 rings (SSSR count). The van der Waals surface area contributed by atoms with Crippen LogP contribution in [0.25, 0.3) is 0 Å². The van der Waals surface area contributed by atoms with Gasteiger partial charge in [0.25, 0.3) is 0 Å². The van der Waals surface area contributed by atoms with Crippen LogP contribution in [0.4, 0.5) is 18.0 Å². The van der Waals surface area contributed by atoms with E-state index in [9.17, 15) is 23.1 Å². The molecule has 8 heteroatoms. The van der Waals surface area contributed by atoms with Crippen LogP contribution in [0.2, 0.25) is 0 Å². The van der Waals surface area contributed by atoms with Crippen LogP contribution in [0.3, 0.4) is 0 Å². The van der Waals surface area contributed by atoms with Crippen molar-refractivity contribution in [2.45, 2.75) is 62.6 Å². The first-order valence-corrected chi connectivity index (χ1v) is 10.7. The first kappa shape index (κ1) is 22.5. The zero-order valence-electron chi connectivity index (χ0n) is 17.8. The number of ether oxygens (including phenoxy) is 2. The van der Waals surface area contributed by atoms with Crippen LogP contribution in [0.1, 0.15) is 48.8 Å². The molecule has 0 aliphatic carbocycles. The SMILES string of the molecule is COc1ccc(C2(O)CC3CCCC(C2)N3C(=O)OCc2ccccc2)cc1C(F)(F)F. The monoisotopic (exact) mass is 449 g/mol. The van der Waals surface area contributed by atoms with E-state index in [0.717, 1.165) is 18.1 Å². The molecular weight excluding hydrogens is 423 g/mol. The van der Waals surface area contributed by atoms with Gasteiger partial charge in [0.15, 0.2) is 0 Å². The molecule has 1 N–H and O–H groups in total. The highest BCUT2D eigenvalue weighted by atomic mass is 19.4. The third-order valence-corrected chi connectivity index (χ3v) is 6.47. The average molecular weight is 449 g/mol. The molecule has 32 heavy (non-hydrogen) atoms. The molecule has 2 aliphatic rings. The Hall–Kier alpha value is -2.74. The fourth-order valence-electron chi connectivity index (χ4n) is 4.98. The van der Waals surface area contributed by atoms with Crippen molar-refractivity contribution >= 4 is 6.09 Å². The van der Waals surface area contributed by atoms with E-state index in [1.165, 1.54) is 19.2 Å². The molecule has 2 atom stereocenters. The highest BCUT2D eigenvalue weighted by molar-refractivity contribution is 5.69. The first-order valence-electron chi connectivity index (χ1n) is 10.7. The lowest BCUT2D eigenvalue weighted by molar-refractivity contribution is -0.139. The lowest BCUT2D eigenvalue weighted by Gasteiger charge is -2.51. The number of nitrogens with zero attached hydrogens (tertiary/aromatic N) is 1. The first-order chi connectivity index (χ1) is 15.2. The van der Waals surface area contributed by atoms with Crippen molar-refractivity contribution < 1.29 is 32.5 Å². The van der Waals surface area contributed by atoms with E-state index in [4.69, 9.17) is 9.47 Å². The zero-order chi connectivity index (χ0) is 22.9. The van der Waals surface area contributed by atoms with E-state index < -0.39 is 23.4 Å². The van der Waals surface area contributed by atoms with Gasteiger partial charge in [0, 0.05) is 24.9 Å². The van der Waals surface area contributed by atoms with E-state index in [1.807, 2.05) is 30.3 Å². The molecule has 2 unspecified atom stereocenters. The number of methoxy groups -OCH3 is 1. The largest absolute Gasteiger partial charge is 0.496 e. The van der Waals surface area contributed by atoms with Crippen LogP contribution >= 0.6 is 0 Å². The quantitative estimate of drug-likeness (QED) is 0.692. The maximum Gasteiger partial charge on any atom is 0.419 e. The van der Waals surface area contributed by atoms with E-state index in [2.05, 4.69) is 0 Å². The number of benzene rings is 2. The maximum absolute atomic E-state index is 13.5. The minimum Gasteiger partial charge on any atom is -0.496 e. The summed E-state index contributed by atoms with van der Waals surface area (Å²) in [6.45, 7) is 0.146. The van der Waals surface area contributed by atoms with Crippen molar-refractivity contribution in [1.82, 2.24) is 4.90 Å². The summed E-state index contributed by atoms with van der Waals surface area (Å²) in [5.74, 6) is -0.285. The molecule has 5 nitrogen and oxygen atoms in total. The van der Waals surface area contributed by atoms with Gasteiger partial charge in [0.1, 0.15) is 12.4 Å². The van der Waals surface area contributed by atoms with Crippen LogP contribution in [-0.2, 0) is 23.1 Å². The predicted octanol–water partition coefficient (Wildman–Crippen LogP) is 5.26. The van der Waals surface area contributed by atoms with E-state index in [1.54, 1.807) is 4.90 Å². The molecule has 2 aliphatic heterocycles. The summed E-state index contributed by atoms with van der Waals surface area (Å²) >= 11 is 0. The van der Waals surface area contributed by atoms with Gasteiger partial charge >= 0.3 is 12.3 Å². The molecule has 0 spiro atoms. The molecule has 2 saturated heterocycles. The molecule has 2 fully saturated rings. The molecule has 2 aromatic carbocycles. The molecule has 0 radical (unpaired) electrons. The Kier molecular flexibility index (Phi) is 6.07. The summed E-state index contributed by atoms with van der Waals surface area (Å²) in [5.41, 5.74) is -1.31. The summed E-state index contributed by atoms with van der Waals surface area (Å²) in [5, 5.41) is 11.4. The van der Waals surface area contributed by atoms with Gasteiger partial charge in [0.2, 0.25) is 0 Å². The lowest BCUT2D eigenvalue weighted by atomic mass is 9.72. The summed E-state index contributed by atoms with van der Waals surface area (Å²) in [6.07, 6.45) is -2.50. The molecule has 2 aromatic rings. The number of amides is 1. The Labute approximate surface area is 184 Å². The topological polar surface area (TPSA) is 59.0 Å². The van der Waals surface area contributed by atoms with Crippen LogP contribution < -0.4 is 4.74 Å². The molecule has 0 aromatic heterocycles. The Morgan fingerprint density at radius 2 is 1.78 bits per heavy atom. The number of alkyl halides is 3. The Bertz CT molecular complexity index is 949. The Morgan fingerprint density at radius 1 is 1.12 bits per heavy atom. The van der Waals surface area contributed by atoms with Crippen molar-refractivity contribution in [3.8, 4) is 5.75 Å².